The molecule has 0 fully saturated rings. The highest BCUT2D eigenvalue weighted by atomic mass is 32.1. The van der Waals surface area contributed by atoms with E-state index in [2.05, 4.69) is 27.7 Å². The molecule has 4 nitrogen and oxygen atoms in total. The van der Waals surface area contributed by atoms with Gasteiger partial charge in [0.2, 0.25) is 0 Å². The van der Waals surface area contributed by atoms with Crippen LogP contribution in [0.5, 0.6) is 0 Å². The summed E-state index contributed by atoms with van der Waals surface area (Å²) < 4.78 is 5.04. The molecule has 0 aliphatic carbocycles. The third kappa shape index (κ3) is 6.57. The van der Waals surface area contributed by atoms with Gasteiger partial charge >= 0.3 is 6.09 Å². The second-order valence-corrected chi connectivity index (χ2v) is 3.97. The van der Waals surface area contributed by atoms with Gasteiger partial charge in [-0.3, -0.25) is 5.32 Å². The molecule has 0 radical (unpaired) electrons. The lowest BCUT2D eigenvalue weighted by atomic mass is 10.2. The van der Waals surface area contributed by atoms with Gasteiger partial charge in [-0.15, -0.1) is 0 Å². The predicted octanol–water partition coefficient (Wildman–Crippen LogP) is 2.35. The molecule has 0 aromatic carbocycles. The summed E-state index contributed by atoms with van der Waals surface area (Å²) in [7, 11) is 0. The van der Waals surface area contributed by atoms with Crippen LogP contribution in [0.15, 0.2) is 4.99 Å². The molecule has 1 atom stereocenters. The molecule has 5 heteroatoms. The van der Waals surface area contributed by atoms with Crippen LogP contribution < -0.4 is 5.32 Å². The highest BCUT2D eigenvalue weighted by Crippen LogP contribution is 2.07. The normalized spacial score (nSPS) is 12.6. The van der Waals surface area contributed by atoms with E-state index in [1.165, 1.54) is 0 Å². The summed E-state index contributed by atoms with van der Waals surface area (Å²) in [6, 6.07) is 0. The molecule has 0 rings (SSSR count). The molecule has 1 amide bonds. The van der Waals surface area contributed by atoms with Gasteiger partial charge in [0, 0.05) is 0 Å². The van der Waals surface area contributed by atoms with Gasteiger partial charge in [0.25, 0.3) is 0 Å². The first-order chi connectivity index (χ1) is 6.39. The molecular formula is C9H16N2O2S. The fraction of sp³-hybridized carbons (Fsp3) is 0.778. The molecule has 0 aromatic rings. The molecule has 1 unspecified atom stereocenters. The largest absolute Gasteiger partial charge is 0.444 e. The lowest BCUT2D eigenvalue weighted by Crippen LogP contribution is -2.37. The number of nitrogens with zero attached hydrogens (tertiary/aromatic N) is 1. The molecule has 0 heterocycles. The van der Waals surface area contributed by atoms with E-state index >= 15 is 0 Å². The molecule has 1 N–H and O–H groups in total. The fourth-order valence-electron chi connectivity index (χ4n) is 0.733. The summed E-state index contributed by atoms with van der Waals surface area (Å²) in [6.45, 7) is 7.29. The Labute approximate surface area is 89.7 Å². The van der Waals surface area contributed by atoms with Crippen LogP contribution in [0.4, 0.5) is 4.79 Å². The van der Waals surface area contributed by atoms with Crippen molar-refractivity contribution in [2.45, 2.75) is 45.9 Å². The maximum atomic E-state index is 11.2. The fourth-order valence-corrected chi connectivity index (χ4v) is 0.860. The summed E-state index contributed by atoms with van der Waals surface area (Å²) in [5.74, 6) is 0. The van der Waals surface area contributed by atoms with Crippen LogP contribution in [0.2, 0.25) is 0 Å². The van der Waals surface area contributed by atoms with Gasteiger partial charge in [-0.05, 0) is 39.4 Å². The Bertz CT molecular complexity index is 242. The highest BCUT2D eigenvalue weighted by molar-refractivity contribution is 7.78. The molecule has 0 bridgehead atoms. The minimum Gasteiger partial charge on any atom is -0.444 e. The van der Waals surface area contributed by atoms with Gasteiger partial charge < -0.3 is 4.74 Å². The smallest absolute Gasteiger partial charge is 0.409 e. The molecule has 0 aromatic heterocycles. The van der Waals surface area contributed by atoms with E-state index in [9.17, 15) is 4.79 Å². The number of hydrogen-bond acceptors (Lipinski definition) is 4. The van der Waals surface area contributed by atoms with Gasteiger partial charge in [-0.1, -0.05) is 6.92 Å². The van der Waals surface area contributed by atoms with E-state index in [1.54, 1.807) is 20.8 Å². The van der Waals surface area contributed by atoms with Gasteiger partial charge in [-0.25, -0.2) is 9.79 Å². The van der Waals surface area contributed by atoms with E-state index in [4.69, 9.17) is 4.74 Å². The summed E-state index contributed by atoms with van der Waals surface area (Å²) in [6.07, 6.45) is -0.177. The zero-order valence-electron chi connectivity index (χ0n) is 8.96. The molecule has 14 heavy (non-hydrogen) atoms. The zero-order valence-corrected chi connectivity index (χ0v) is 9.77. The Morgan fingerprint density at radius 2 is 2.21 bits per heavy atom. The van der Waals surface area contributed by atoms with Gasteiger partial charge in [-0.2, -0.15) is 0 Å². The average Bonchev–Trinajstić information content (AvgIpc) is 2.00. The minimum atomic E-state index is -0.496. The molecule has 0 spiro atoms. The summed E-state index contributed by atoms with van der Waals surface area (Å²) >= 11 is 4.45. The SMILES string of the molecule is CCC(N=C=S)NC(=O)OC(C)(C)C. The Kier molecular flexibility index (Phi) is 5.35. The molecule has 0 saturated heterocycles. The van der Waals surface area contributed by atoms with Crippen LogP contribution in [-0.4, -0.2) is 23.0 Å². The topological polar surface area (TPSA) is 50.7 Å². The van der Waals surface area contributed by atoms with Crippen molar-refractivity contribution in [1.29, 1.82) is 0 Å². The number of carbonyl (C=O) groups excluding carboxylic acids is 1. The van der Waals surface area contributed by atoms with Crippen molar-refractivity contribution in [2.75, 3.05) is 0 Å². The van der Waals surface area contributed by atoms with E-state index in [0.717, 1.165) is 0 Å². The van der Waals surface area contributed by atoms with Gasteiger partial charge in [0.1, 0.15) is 11.8 Å². The van der Waals surface area contributed by atoms with Crippen molar-refractivity contribution in [3.05, 3.63) is 0 Å². The average molecular weight is 216 g/mol. The van der Waals surface area contributed by atoms with E-state index in [0.29, 0.717) is 6.42 Å². The van der Waals surface area contributed by atoms with Crippen LogP contribution >= 0.6 is 12.2 Å². The number of aliphatic imine (C=N–C) groups is 1. The van der Waals surface area contributed by atoms with Crippen molar-refractivity contribution in [3.8, 4) is 0 Å². The summed E-state index contributed by atoms with van der Waals surface area (Å²) in [4.78, 5) is 15.0. The third-order valence-corrected chi connectivity index (χ3v) is 1.38. The zero-order chi connectivity index (χ0) is 11.2. The minimum absolute atomic E-state index is 0.345. The summed E-state index contributed by atoms with van der Waals surface area (Å²) in [5.41, 5.74) is -0.496. The first-order valence-electron chi connectivity index (χ1n) is 4.45. The van der Waals surface area contributed by atoms with Crippen molar-refractivity contribution >= 4 is 23.5 Å². The van der Waals surface area contributed by atoms with Crippen molar-refractivity contribution in [3.63, 3.8) is 0 Å². The van der Waals surface area contributed by atoms with Crippen molar-refractivity contribution < 1.29 is 9.53 Å². The van der Waals surface area contributed by atoms with Gasteiger partial charge in [0.15, 0.2) is 0 Å². The van der Waals surface area contributed by atoms with Crippen molar-refractivity contribution in [2.24, 2.45) is 4.99 Å². The predicted molar refractivity (Wildman–Crippen MR) is 58.5 cm³/mol. The van der Waals surface area contributed by atoms with Crippen LogP contribution in [0.3, 0.4) is 0 Å². The number of hydrogen-bond donors (Lipinski definition) is 1. The Morgan fingerprint density at radius 3 is 2.57 bits per heavy atom. The highest BCUT2D eigenvalue weighted by Gasteiger charge is 2.17. The Balaban J connectivity index is 4.10. The number of ether oxygens (including phenoxy) is 1. The second-order valence-electron chi connectivity index (χ2n) is 3.79. The summed E-state index contributed by atoms with van der Waals surface area (Å²) in [5, 5.41) is 4.79. The number of thiocarbonyl (C=S) groups is 1. The Hall–Kier alpha value is -0.930. The van der Waals surface area contributed by atoms with Crippen LogP contribution in [-0.2, 0) is 4.74 Å². The monoisotopic (exact) mass is 216 g/mol. The van der Waals surface area contributed by atoms with Crippen LogP contribution in [0.25, 0.3) is 0 Å². The number of nitrogens with one attached hydrogen (secondary N) is 1. The third-order valence-electron chi connectivity index (χ3n) is 1.28. The number of carbonyl (C=O) groups is 1. The standard InChI is InChI=1S/C9H16N2O2S/c1-5-7(10-6-14)11-8(12)13-9(2,3)4/h7H,5H2,1-4H3,(H,11,12). The Morgan fingerprint density at radius 1 is 1.64 bits per heavy atom. The lowest BCUT2D eigenvalue weighted by Gasteiger charge is -2.21. The van der Waals surface area contributed by atoms with E-state index < -0.39 is 11.7 Å². The first kappa shape index (κ1) is 13.1. The second kappa shape index (κ2) is 5.73. The maximum absolute atomic E-state index is 11.2. The van der Waals surface area contributed by atoms with Crippen molar-refractivity contribution in [1.82, 2.24) is 5.32 Å². The molecule has 80 valence electrons. The lowest BCUT2D eigenvalue weighted by molar-refractivity contribution is 0.0505. The quantitative estimate of drug-likeness (QED) is 0.582. The molecule has 0 saturated carbocycles. The number of rotatable bonds is 3. The maximum Gasteiger partial charge on any atom is 0.409 e. The van der Waals surface area contributed by atoms with Gasteiger partial charge in [0.05, 0.1) is 5.16 Å². The molecule has 0 aliphatic rings. The van der Waals surface area contributed by atoms with E-state index in [1.807, 2.05) is 6.92 Å². The van der Waals surface area contributed by atoms with E-state index in [-0.39, 0.29) is 6.17 Å². The number of isothiocyanates is 1. The molecular weight excluding hydrogens is 200 g/mol. The molecule has 0 aliphatic heterocycles. The van der Waals surface area contributed by atoms with Crippen LogP contribution in [0, 0.1) is 0 Å². The number of amides is 1. The number of alkyl carbamates (subject to hydrolysis) is 1. The van der Waals surface area contributed by atoms with Crippen LogP contribution in [0.1, 0.15) is 34.1 Å². The first-order valence-corrected chi connectivity index (χ1v) is 4.86.